The number of allylic oxidation sites excluding steroid dienone is 16. The molecule has 0 aromatic heterocycles. The third-order valence-electron chi connectivity index (χ3n) is 12.0. The van der Waals surface area contributed by atoms with Crippen molar-refractivity contribution in [2.45, 2.75) is 271 Å². The first kappa shape index (κ1) is 65.3. The molecule has 0 aliphatic rings. The fourth-order valence-electron chi connectivity index (χ4n) is 7.73. The summed E-state index contributed by atoms with van der Waals surface area (Å²) in [6.07, 6.45) is 75.3. The third kappa shape index (κ3) is 55.1. The molecule has 0 aromatic carbocycles. The lowest BCUT2D eigenvalue weighted by molar-refractivity contribution is -0.167. The highest BCUT2D eigenvalue weighted by Crippen LogP contribution is 2.14. The van der Waals surface area contributed by atoms with Crippen LogP contribution in [0.3, 0.4) is 0 Å². The second kappa shape index (κ2) is 56.9. The van der Waals surface area contributed by atoms with E-state index in [2.05, 4.69) is 118 Å². The molecule has 0 aliphatic heterocycles. The van der Waals surface area contributed by atoms with Crippen molar-refractivity contribution in [3.05, 3.63) is 97.2 Å². The van der Waals surface area contributed by atoms with Crippen molar-refractivity contribution >= 4 is 17.9 Å². The molecule has 0 saturated carbocycles. The fraction of sp³-hybridized carbons (Fsp3) is 0.698. The summed E-state index contributed by atoms with van der Waals surface area (Å²) in [5.41, 5.74) is 0. The van der Waals surface area contributed by atoms with Gasteiger partial charge in [-0.15, -0.1) is 0 Å². The second-order valence-corrected chi connectivity index (χ2v) is 18.8. The molecule has 0 bridgehead atoms. The smallest absolute Gasteiger partial charge is 0.306 e. The lowest BCUT2D eigenvalue weighted by Crippen LogP contribution is -2.30. The van der Waals surface area contributed by atoms with Crippen molar-refractivity contribution in [2.75, 3.05) is 13.2 Å². The predicted octanol–water partition coefficient (Wildman–Crippen LogP) is 19.3. The van der Waals surface area contributed by atoms with Crippen molar-refractivity contribution in [1.29, 1.82) is 0 Å². The highest BCUT2D eigenvalue weighted by molar-refractivity contribution is 5.71. The summed E-state index contributed by atoms with van der Waals surface area (Å²) in [4.78, 5) is 38.2. The maximum atomic E-state index is 12.8. The van der Waals surface area contributed by atoms with E-state index in [9.17, 15) is 14.4 Å². The van der Waals surface area contributed by atoms with Gasteiger partial charge in [-0.1, -0.05) is 221 Å². The molecule has 6 nitrogen and oxygen atoms in total. The maximum Gasteiger partial charge on any atom is 0.306 e. The molecule has 0 radical (unpaired) electrons. The van der Waals surface area contributed by atoms with E-state index in [1.54, 1.807) is 0 Å². The van der Waals surface area contributed by atoms with Crippen LogP contribution < -0.4 is 0 Å². The molecule has 0 heterocycles. The van der Waals surface area contributed by atoms with E-state index >= 15 is 0 Å². The van der Waals surface area contributed by atoms with E-state index in [0.717, 1.165) is 141 Å². The van der Waals surface area contributed by atoms with Crippen molar-refractivity contribution in [1.82, 2.24) is 0 Å². The standard InChI is InChI=1S/C63H106O6/c1-4-7-10-13-16-19-22-25-28-29-30-31-32-33-36-38-41-44-47-50-53-56-62(65)68-59-60(69-63(66)57-54-51-48-45-42-39-35-27-24-21-18-15-12-9-6-3)58-67-61(64)55-52-49-46-43-40-37-34-26-23-20-17-14-11-8-5-2/h9,12,17-18,20-22,25-27,29-30,32-35,60H,4-8,10-11,13-16,19,23-24,28,31,36-59H2,1-3H3/b12-9-,20-17-,21-18-,25-22-,30-29-,33-32-,34-26-,35-27-. The van der Waals surface area contributed by atoms with Crippen molar-refractivity contribution in [3.63, 3.8) is 0 Å². The number of ether oxygens (including phenoxy) is 3. The average molecular weight is 960 g/mol. The van der Waals surface area contributed by atoms with Crippen molar-refractivity contribution in [2.24, 2.45) is 0 Å². The Balaban J connectivity index is 4.44. The SMILES string of the molecule is CC/C=C\C/C=C\C/C=C\CCCCCCCC(=O)OC(COC(=O)CCCCCCC/C=C\C/C=C\CCCCC)COC(=O)CCCCCCCC/C=C\C/C=C\C/C=C\CCCCCCC. The van der Waals surface area contributed by atoms with Gasteiger partial charge in [-0.2, -0.15) is 0 Å². The van der Waals surface area contributed by atoms with Gasteiger partial charge in [0.25, 0.3) is 0 Å². The number of esters is 3. The summed E-state index contributed by atoms with van der Waals surface area (Å²) in [7, 11) is 0. The first-order valence-corrected chi connectivity index (χ1v) is 28.7. The van der Waals surface area contributed by atoms with Crippen LogP contribution in [-0.2, 0) is 28.6 Å². The molecule has 394 valence electrons. The van der Waals surface area contributed by atoms with E-state index in [-0.39, 0.29) is 31.1 Å². The minimum Gasteiger partial charge on any atom is -0.462 e. The molecule has 0 rings (SSSR count). The summed E-state index contributed by atoms with van der Waals surface area (Å²) in [6.45, 7) is 6.46. The Hall–Kier alpha value is -3.67. The molecule has 1 unspecified atom stereocenters. The minimum absolute atomic E-state index is 0.0969. The van der Waals surface area contributed by atoms with Crippen molar-refractivity contribution < 1.29 is 28.6 Å². The average Bonchev–Trinajstić information content (AvgIpc) is 3.35. The number of hydrogen-bond acceptors (Lipinski definition) is 6. The molecule has 0 N–H and O–H groups in total. The summed E-state index contributed by atoms with van der Waals surface area (Å²) < 4.78 is 16.8. The Morgan fingerprint density at radius 2 is 0.565 bits per heavy atom. The minimum atomic E-state index is -0.800. The fourth-order valence-corrected chi connectivity index (χ4v) is 7.73. The van der Waals surface area contributed by atoms with Crippen LogP contribution in [0.2, 0.25) is 0 Å². The third-order valence-corrected chi connectivity index (χ3v) is 12.0. The molecule has 0 saturated heterocycles. The van der Waals surface area contributed by atoms with E-state index in [0.29, 0.717) is 19.3 Å². The molecule has 0 fully saturated rings. The van der Waals surface area contributed by atoms with Gasteiger partial charge < -0.3 is 14.2 Å². The van der Waals surface area contributed by atoms with Crippen LogP contribution in [0.5, 0.6) is 0 Å². The number of carbonyl (C=O) groups excluding carboxylic acids is 3. The highest BCUT2D eigenvalue weighted by Gasteiger charge is 2.19. The summed E-state index contributed by atoms with van der Waals surface area (Å²) >= 11 is 0. The van der Waals surface area contributed by atoms with E-state index in [1.165, 1.54) is 83.5 Å². The molecular formula is C63H106O6. The van der Waals surface area contributed by atoms with Crippen LogP contribution in [0.4, 0.5) is 0 Å². The van der Waals surface area contributed by atoms with Gasteiger partial charge in [-0.25, -0.2) is 0 Å². The molecule has 1 atom stereocenters. The van der Waals surface area contributed by atoms with Gasteiger partial charge in [0.2, 0.25) is 0 Å². The van der Waals surface area contributed by atoms with E-state index in [1.807, 2.05) is 0 Å². The summed E-state index contributed by atoms with van der Waals surface area (Å²) in [5.74, 6) is -0.937. The quantitative estimate of drug-likeness (QED) is 0.0262. The zero-order valence-corrected chi connectivity index (χ0v) is 45.0. The Bertz CT molecular complexity index is 1380. The van der Waals surface area contributed by atoms with Crippen LogP contribution >= 0.6 is 0 Å². The number of unbranched alkanes of at least 4 members (excludes halogenated alkanes) is 24. The van der Waals surface area contributed by atoms with Gasteiger partial charge in [0.1, 0.15) is 13.2 Å². The Labute approximate surface area is 426 Å². The van der Waals surface area contributed by atoms with Gasteiger partial charge in [-0.3, -0.25) is 14.4 Å². The number of rotatable bonds is 51. The Kier molecular flexibility index (Phi) is 53.9. The van der Waals surface area contributed by atoms with E-state index in [4.69, 9.17) is 14.2 Å². The van der Waals surface area contributed by atoms with E-state index < -0.39 is 6.10 Å². The largest absolute Gasteiger partial charge is 0.462 e. The summed E-state index contributed by atoms with van der Waals surface area (Å²) in [5, 5.41) is 0. The zero-order valence-electron chi connectivity index (χ0n) is 45.0. The zero-order chi connectivity index (χ0) is 50.0. The van der Waals surface area contributed by atoms with Gasteiger partial charge in [0, 0.05) is 19.3 Å². The lowest BCUT2D eigenvalue weighted by atomic mass is 10.1. The second-order valence-electron chi connectivity index (χ2n) is 18.8. The van der Waals surface area contributed by atoms with Crippen molar-refractivity contribution in [3.8, 4) is 0 Å². The molecule has 0 aromatic rings. The topological polar surface area (TPSA) is 78.9 Å². The number of carbonyl (C=O) groups is 3. The Morgan fingerprint density at radius 3 is 0.913 bits per heavy atom. The normalized spacial score (nSPS) is 12.8. The summed E-state index contributed by atoms with van der Waals surface area (Å²) in [6, 6.07) is 0. The van der Waals surface area contributed by atoms with Crippen LogP contribution in [0, 0.1) is 0 Å². The molecule has 6 heteroatoms. The number of hydrogen-bond donors (Lipinski definition) is 0. The predicted molar refractivity (Wildman–Crippen MR) is 297 cm³/mol. The molecular weight excluding hydrogens is 853 g/mol. The lowest BCUT2D eigenvalue weighted by Gasteiger charge is -2.18. The first-order chi connectivity index (χ1) is 34.0. The Morgan fingerprint density at radius 1 is 0.304 bits per heavy atom. The highest BCUT2D eigenvalue weighted by atomic mass is 16.6. The van der Waals surface area contributed by atoms with Gasteiger partial charge in [-0.05, 0) is 122 Å². The van der Waals surface area contributed by atoms with Crippen LogP contribution in [0.25, 0.3) is 0 Å². The van der Waals surface area contributed by atoms with Crippen LogP contribution in [-0.4, -0.2) is 37.2 Å². The van der Waals surface area contributed by atoms with Crippen LogP contribution in [0.1, 0.15) is 265 Å². The molecule has 0 spiro atoms. The molecule has 0 amide bonds. The first-order valence-electron chi connectivity index (χ1n) is 28.7. The maximum absolute atomic E-state index is 12.8. The van der Waals surface area contributed by atoms with Gasteiger partial charge in [0.15, 0.2) is 6.10 Å². The van der Waals surface area contributed by atoms with Gasteiger partial charge in [0.05, 0.1) is 0 Å². The molecule has 0 aliphatic carbocycles. The van der Waals surface area contributed by atoms with Crippen LogP contribution in [0.15, 0.2) is 97.2 Å². The molecule has 69 heavy (non-hydrogen) atoms. The monoisotopic (exact) mass is 959 g/mol. The van der Waals surface area contributed by atoms with Gasteiger partial charge >= 0.3 is 17.9 Å².